The molecule has 2 aromatic rings. The van der Waals surface area contributed by atoms with E-state index in [1.165, 1.54) is 18.4 Å². The largest absolute Gasteiger partial charge is 0.487 e. The van der Waals surface area contributed by atoms with Gasteiger partial charge in [0, 0.05) is 22.6 Å². The molecule has 21 heavy (non-hydrogen) atoms. The molecule has 0 saturated heterocycles. The summed E-state index contributed by atoms with van der Waals surface area (Å²) in [5.74, 6) is 0.936. The smallest absolute Gasteiger partial charge is 0.138 e. The van der Waals surface area contributed by atoms with Crippen molar-refractivity contribution in [3.63, 3.8) is 0 Å². The van der Waals surface area contributed by atoms with Crippen LogP contribution >= 0.6 is 31.9 Å². The zero-order valence-corrected chi connectivity index (χ0v) is 14.8. The van der Waals surface area contributed by atoms with Crippen molar-refractivity contribution in [3.05, 3.63) is 62.5 Å². The fraction of sp³-hybridized carbons (Fsp3) is 0.294. The molecule has 1 aliphatic carbocycles. The highest BCUT2D eigenvalue weighted by Gasteiger charge is 2.21. The molecule has 2 nitrogen and oxygen atoms in total. The van der Waals surface area contributed by atoms with Gasteiger partial charge in [-0.25, -0.2) is 0 Å². The van der Waals surface area contributed by atoms with Crippen LogP contribution in [0.5, 0.6) is 5.75 Å². The molecule has 1 N–H and O–H groups in total. The molecule has 1 fully saturated rings. The Morgan fingerprint density at radius 3 is 2.67 bits per heavy atom. The molecule has 3 rings (SSSR count). The van der Waals surface area contributed by atoms with Crippen molar-refractivity contribution in [2.24, 2.45) is 0 Å². The van der Waals surface area contributed by atoms with Gasteiger partial charge in [-0.2, -0.15) is 0 Å². The maximum Gasteiger partial charge on any atom is 0.138 e. The van der Waals surface area contributed by atoms with Crippen molar-refractivity contribution in [2.45, 2.75) is 32.0 Å². The van der Waals surface area contributed by atoms with Crippen LogP contribution in [0.1, 0.15) is 24.0 Å². The second-order valence-electron chi connectivity index (χ2n) is 5.30. The van der Waals surface area contributed by atoms with E-state index in [1.54, 1.807) is 0 Å². The molecule has 0 aliphatic heterocycles. The topological polar surface area (TPSA) is 21.3 Å². The van der Waals surface area contributed by atoms with Crippen LogP contribution in [-0.2, 0) is 13.2 Å². The second-order valence-corrected chi connectivity index (χ2v) is 7.07. The minimum atomic E-state index is 0.568. The van der Waals surface area contributed by atoms with E-state index in [1.807, 2.05) is 18.2 Å². The van der Waals surface area contributed by atoms with Crippen LogP contribution < -0.4 is 10.1 Å². The van der Waals surface area contributed by atoms with E-state index >= 15 is 0 Å². The third kappa shape index (κ3) is 4.31. The van der Waals surface area contributed by atoms with Gasteiger partial charge in [-0.1, -0.05) is 40.2 Å². The predicted molar refractivity (Wildman–Crippen MR) is 92.5 cm³/mol. The van der Waals surface area contributed by atoms with Crippen molar-refractivity contribution in [1.82, 2.24) is 5.32 Å². The highest BCUT2D eigenvalue weighted by atomic mass is 79.9. The van der Waals surface area contributed by atoms with Gasteiger partial charge < -0.3 is 10.1 Å². The predicted octanol–water partition coefficient (Wildman–Crippen LogP) is 5.04. The number of para-hydroxylation sites is 1. The number of ether oxygens (including phenoxy) is 1. The van der Waals surface area contributed by atoms with Crippen LogP contribution in [0.3, 0.4) is 0 Å². The van der Waals surface area contributed by atoms with Crippen LogP contribution in [0.15, 0.2) is 51.4 Å². The van der Waals surface area contributed by atoms with Gasteiger partial charge in [-0.05, 0) is 52.5 Å². The van der Waals surface area contributed by atoms with Crippen molar-refractivity contribution in [2.75, 3.05) is 0 Å². The van der Waals surface area contributed by atoms with E-state index in [0.717, 1.165) is 26.8 Å². The van der Waals surface area contributed by atoms with E-state index in [-0.39, 0.29) is 0 Å². The number of benzene rings is 2. The zero-order chi connectivity index (χ0) is 14.7. The monoisotopic (exact) mass is 409 g/mol. The summed E-state index contributed by atoms with van der Waals surface area (Å²) in [6.07, 6.45) is 2.59. The number of hydrogen-bond acceptors (Lipinski definition) is 2. The standard InChI is InChI=1S/C17H17Br2NO/c18-14-5-1-3-12(9-14)11-21-17-13(4-2-6-16(17)19)10-20-15-7-8-15/h1-6,9,15,20H,7-8,10-11H2. The molecule has 0 radical (unpaired) electrons. The third-order valence-electron chi connectivity index (χ3n) is 3.48. The minimum Gasteiger partial charge on any atom is -0.487 e. The maximum atomic E-state index is 6.05. The number of nitrogens with one attached hydrogen (secondary N) is 1. The number of hydrogen-bond donors (Lipinski definition) is 1. The van der Waals surface area contributed by atoms with Gasteiger partial charge in [0.1, 0.15) is 12.4 Å². The number of halogens is 2. The molecule has 0 amide bonds. The van der Waals surface area contributed by atoms with E-state index in [4.69, 9.17) is 4.74 Å². The van der Waals surface area contributed by atoms with E-state index in [0.29, 0.717) is 12.6 Å². The van der Waals surface area contributed by atoms with Gasteiger partial charge in [0.2, 0.25) is 0 Å². The second kappa shape index (κ2) is 6.95. The molecule has 0 atom stereocenters. The van der Waals surface area contributed by atoms with Gasteiger partial charge >= 0.3 is 0 Å². The molecule has 0 aromatic heterocycles. The minimum absolute atomic E-state index is 0.568. The Labute approximate surface area is 142 Å². The summed E-state index contributed by atoms with van der Waals surface area (Å²) < 4.78 is 8.14. The van der Waals surface area contributed by atoms with Crippen molar-refractivity contribution >= 4 is 31.9 Å². The van der Waals surface area contributed by atoms with Crippen LogP contribution in [0.2, 0.25) is 0 Å². The van der Waals surface area contributed by atoms with Crippen molar-refractivity contribution < 1.29 is 4.74 Å². The summed E-state index contributed by atoms with van der Waals surface area (Å²) in [4.78, 5) is 0. The fourth-order valence-corrected chi connectivity index (χ4v) is 3.15. The summed E-state index contributed by atoms with van der Waals surface area (Å²) in [5, 5.41) is 3.54. The third-order valence-corrected chi connectivity index (χ3v) is 4.60. The summed E-state index contributed by atoms with van der Waals surface area (Å²) in [6, 6.07) is 15.1. The van der Waals surface area contributed by atoms with E-state index in [9.17, 15) is 0 Å². The zero-order valence-electron chi connectivity index (χ0n) is 11.6. The molecule has 110 valence electrons. The Balaban J connectivity index is 1.70. The molecular formula is C17H17Br2NO. The van der Waals surface area contributed by atoms with Crippen LogP contribution in [0, 0.1) is 0 Å². The Morgan fingerprint density at radius 1 is 1.10 bits per heavy atom. The van der Waals surface area contributed by atoms with Crippen molar-refractivity contribution in [3.8, 4) is 5.75 Å². The Bertz CT molecular complexity index is 626. The Morgan fingerprint density at radius 2 is 1.90 bits per heavy atom. The average Bonchev–Trinajstić information content (AvgIpc) is 3.28. The molecular weight excluding hydrogens is 394 g/mol. The molecule has 0 heterocycles. The molecule has 0 unspecified atom stereocenters. The number of rotatable bonds is 6. The highest BCUT2D eigenvalue weighted by molar-refractivity contribution is 9.10. The summed E-state index contributed by atoms with van der Waals surface area (Å²) >= 11 is 7.09. The van der Waals surface area contributed by atoms with Crippen LogP contribution in [0.4, 0.5) is 0 Å². The Kier molecular flexibility index (Phi) is 4.99. The van der Waals surface area contributed by atoms with Crippen LogP contribution in [-0.4, -0.2) is 6.04 Å². The van der Waals surface area contributed by atoms with E-state index < -0.39 is 0 Å². The van der Waals surface area contributed by atoms with Crippen LogP contribution in [0.25, 0.3) is 0 Å². The quantitative estimate of drug-likeness (QED) is 0.719. The molecule has 0 bridgehead atoms. The molecule has 1 aliphatic rings. The molecule has 2 aromatic carbocycles. The van der Waals surface area contributed by atoms with Crippen molar-refractivity contribution in [1.29, 1.82) is 0 Å². The molecule has 0 spiro atoms. The lowest BCUT2D eigenvalue weighted by molar-refractivity contribution is 0.300. The molecule has 1 saturated carbocycles. The van der Waals surface area contributed by atoms with E-state index in [2.05, 4.69) is 61.4 Å². The lowest BCUT2D eigenvalue weighted by Crippen LogP contribution is -2.16. The van der Waals surface area contributed by atoms with Gasteiger partial charge in [0.05, 0.1) is 4.47 Å². The first-order valence-corrected chi connectivity index (χ1v) is 8.69. The maximum absolute atomic E-state index is 6.05. The first-order valence-electron chi connectivity index (χ1n) is 7.10. The lowest BCUT2D eigenvalue weighted by Gasteiger charge is -2.14. The average molecular weight is 411 g/mol. The normalized spacial score (nSPS) is 14.2. The van der Waals surface area contributed by atoms with Gasteiger partial charge in [0.25, 0.3) is 0 Å². The summed E-state index contributed by atoms with van der Waals surface area (Å²) in [6.45, 7) is 1.43. The summed E-state index contributed by atoms with van der Waals surface area (Å²) in [7, 11) is 0. The summed E-state index contributed by atoms with van der Waals surface area (Å²) in [5.41, 5.74) is 2.35. The Hall–Kier alpha value is -0.840. The lowest BCUT2D eigenvalue weighted by atomic mass is 10.2. The van der Waals surface area contributed by atoms with Gasteiger partial charge in [-0.3, -0.25) is 0 Å². The SMILES string of the molecule is Brc1cccc(COc2c(Br)cccc2CNC2CC2)c1. The first kappa shape index (κ1) is 15.1. The molecule has 4 heteroatoms. The fourth-order valence-electron chi connectivity index (χ4n) is 2.18. The van der Waals surface area contributed by atoms with Gasteiger partial charge in [-0.15, -0.1) is 0 Å². The first-order chi connectivity index (χ1) is 10.2. The van der Waals surface area contributed by atoms with Gasteiger partial charge in [0.15, 0.2) is 0 Å². The highest BCUT2D eigenvalue weighted by Crippen LogP contribution is 2.31.